The molecular weight excluding hydrogens is 245 g/mol. The zero-order valence-corrected chi connectivity index (χ0v) is 10.6. The van der Waals surface area contributed by atoms with E-state index in [0.717, 1.165) is 18.4 Å². The first-order chi connectivity index (χ1) is 9.19. The standard InChI is InChI=1S/C14H16FN3O/c15-13-5-3-11(4-6-13)9-17-14(19)18-7-1-2-12(8-16)10-18/h3-6,12H,1-2,7,9-10H2,(H,17,19). The van der Waals surface area contributed by atoms with Crippen molar-refractivity contribution in [1.82, 2.24) is 10.2 Å². The molecule has 2 rings (SSSR count). The van der Waals surface area contributed by atoms with Gasteiger partial charge >= 0.3 is 6.03 Å². The molecule has 2 amide bonds. The fraction of sp³-hybridized carbons (Fsp3) is 0.429. The van der Waals surface area contributed by atoms with Gasteiger partial charge in [-0.05, 0) is 30.5 Å². The number of nitrogens with one attached hydrogen (secondary N) is 1. The Balaban J connectivity index is 1.84. The van der Waals surface area contributed by atoms with Crippen molar-refractivity contribution in [2.45, 2.75) is 19.4 Å². The van der Waals surface area contributed by atoms with E-state index < -0.39 is 0 Å². The Hall–Kier alpha value is -2.09. The van der Waals surface area contributed by atoms with E-state index in [2.05, 4.69) is 11.4 Å². The van der Waals surface area contributed by atoms with Crippen LogP contribution in [0.5, 0.6) is 0 Å². The maximum absolute atomic E-state index is 12.7. The van der Waals surface area contributed by atoms with E-state index in [1.165, 1.54) is 12.1 Å². The summed E-state index contributed by atoms with van der Waals surface area (Å²) >= 11 is 0. The minimum Gasteiger partial charge on any atom is -0.334 e. The lowest BCUT2D eigenvalue weighted by Gasteiger charge is -2.29. The molecule has 1 unspecified atom stereocenters. The summed E-state index contributed by atoms with van der Waals surface area (Å²) in [6.45, 7) is 1.55. The monoisotopic (exact) mass is 261 g/mol. The Morgan fingerprint density at radius 1 is 1.47 bits per heavy atom. The van der Waals surface area contributed by atoms with Gasteiger partial charge < -0.3 is 10.2 Å². The fourth-order valence-electron chi connectivity index (χ4n) is 2.16. The minimum atomic E-state index is -0.289. The van der Waals surface area contributed by atoms with Gasteiger partial charge in [-0.2, -0.15) is 5.26 Å². The first-order valence-electron chi connectivity index (χ1n) is 6.36. The van der Waals surface area contributed by atoms with Gasteiger partial charge in [0.15, 0.2) is 0 Å². The number of nitriles is 1. The number of carbonyl (C=O) groups is 1. The van der Waals surface area contributed by atoms with Gasteiger partial charge in [0.25, 0.3) is 0 Å². The summed E-state index contributed by atoms with van der Waals surface area (Å²) in [4.78, 5) is 13.6. The van der Waals surface area contributed by atoms with Crippen LogP contribution in [0.4, 0.5) is 9.18 Å². The predicted molar refractivity (Wildman–Crippen MR) is 68.5 cm³/mol. The lowest BCUT2D eigenvalue weighted by atomic mass is 10.0. The molecule has 1 heterocycles. The number of amides is 2. The van der Waals surface area contributed by atoms with Gasteiger partial charge in [0.1, 0.15) is 5.82 Å². The van der Waals surface area contributed by atoms with E-state index >= 15 is 0 Å². The van der Waals surface area contributed by atoms with Crippen molar-refractivity contribution in [1.29, 1.82) is 5.26 Å². The van der Waals surface area contributed by atoms with Crippen molar-refractivity contribution >= 4 is 6.03 Å². The molecule has 0 spiro atoms. The van der Waals surface area contributed by atoms with Crippen molar-refractivity contribution in [2.24, 2.45) is 5.92 Å². The average Bonchev–Trinajstić information content (AvgIpc) is 2.46. The number of piperidine rings is 1. The van der Waals surface area contributed by atoms with Gasteiger partial charge in [-0.1, -0.05) is 12.1 Å². The lowest BCUT2D eigenvalue weighted by Crippen LogP contribution is -2.45. The molecule has 0 saturated carbocycles. The van der Waals surface area contributed by atoms with Gasteiger partial charge in [0, 0.05) is 19.6 Å². The highest BCUT2D eigenvalue weighted by Gasteiger charge is 2.22. The number of halogens is 1. The number of rotatable bonds is 2. The Kier molecular flexibility index (Phi) is 4.35. The van der Waals surface area contributed by atoms with Crippen LogP contribution in [0.2, 0.25) is 0 Å². The second kappa shape index (κ2) is 6.19. The molecule has 0 bridgehead atoms. The SMILES string of the molecule is N#CC1CCCN(C(=O)NCc2ccc(F)cc2)C1. The van der Waals surface area contributed by atoms with Gasteiger partial charge in [0.05, 0.1) is 12.0 Å². The van der Waals surface area contributed by atoms with Crippen molar-refractivity contribution < 1.29 is 9.18 Å². The molecule has 5 heteroatoms. The molecular formula is C14H16FN3O. The molecule has 1 fully saturated rings. The molecule has 1 aliphatic rings. The quantitative estimate of drug-likeness (QED) is 0.887. The summed E-state index contributed by atoms with van der Waals surface area (Å²) in [5.74, 6) is -0.353. The topological polar surface area (TPSA) is 56.1 Å². The molecule has 1 aromatic rings. The second-order valence-corrected chi connectivity index (χ2v) is 4.70. The number of carbonyl (C=O) groups excluding carboxylic acids is 1. The van der Waals surface area contributed by atoms with Crippen LogP contribution < -0.4 is 5.32 Å². The van der Waals surface area contributed by atoms with Crippen LogP contribution in [0.3, 0.4) is 0 Å². The molecule has 4 nitrogen and oxygen atoms in total. The summed E-state index contributed by atoms with van der Waals surface area (Å²) in [5, 5.41) is 11.7. The van der Waals surface area contributed by atoms with Crippen molar-refractivity contribution in [3.05, 3.63) is 35.6 Å². The molecule has 1 aliphatic heterocycles. The summed E-state index contributed by atoms with van der Waals surface area (Å²) in [6.07, 6.45) is 1.72. The van der Waals surface area contributed by atoms with Crippen LogP contribution in [0.1, 0.15) is 18.4 Å². The van der Waals surface area contributed by atoms with E-state index in [4.69, 9.17) is 5.26 Å². The number of hydrogen-bond acceptors (Lipinski definition) is 2. The van der Waals surface area contributed by atoms with Crippen LogP contribution in [0.25, 0.3) is 0 Å². The van der Waals surface area contributed by atoms with E-state index in [0.29, 0.717) is 19.6 Å². The predicted octanol–water partition coefficient (Wildman–Crippen LogP) is 2.27. The maximum atomic E-state index is 12.7. The minimum absolute atomic E-state index is 0.0645. The number of hydrogen-bond donors (Lipinski definition) is 1. The van der Waals surface area contributed by atoms with Crippen LogP contribution in [0, 0.1) is 23.1 Å². The molecule has 1 atom stereocenters. The van der Waals surface area contributed by atoms with Crippen molar-refractivity contribution in [2.75, 3.05) is 13.1 Å². The smallest absolute Gasteiger partial charge is 0.317 e. The first-order valence-corrected chi connectivity index (χ1v) is 6.36. The number of benzene rings is 1. The number of likely N-dealkylation sites (tertiary alicyclic amines) is 1. The highest BCUT2D eigenvalue weighted by Crippen LogP contribution is 2.15. The van der Waals surface area contributed by atoms with Gasteiger partial charge in [0.2, 0.25) is 0 Å². The molecule has 19 heavy (non-hydrogen) atoms. The third kappa shape index (κ3) is 3.68. The maximum Gasteiger partial charge on any atom is 0.317 e. The Morgan fingerprint density at radius 3 is 2.89 bits per heavy atom. The molecule has 0 radical (unpaired) electrons. The second-order valence-electron chi connectivity index (χ2n) is 4.70. The van der Waals surface area contributed by atoms with Gasteiger partial charge in [-0.15, -0.1) is 0 Å². The fourth-order valence-corrected chi connectivity index (χ4v) is 2.16. The van der Waals surface area contributed by atoms with Crippen LogP contribution >= 0.6 is 0 Å². The molecule has 1 N–H and O–H groups in total. The molecule has 0 aliphatic carbocycles. The first kappa shape index (κ1) is 13.3. The van der Waals surface area contributed by atoms with Crippen molar-refractivity contribution in [3.8, 4) is 6.07 Å². The number of urea groups is 1. The van der Waals surface area contributed by atoms with E-state index in [-0.39, 0.29) is 17.8 Å². The highest BCUT2D eigenvalue weighted by molar-refractivity contribution is 5.74. The Morgan fingerprint density at radius 2 is 2.21 bits per heavy atom. The summed E-state index contributed by atoms with van der Waals surface area (Å²) < 4.78 is 12.7. The highest BCUT2D eigenvalue weighted by atomic mass is 19.1. The van der Waals surface area contributed by atoms with Crippen LogP contribution in [0.15, 0.2) is 24.3 Å². The van der Waals surface area contributed by atoms with Gasteiger partial charge in [-0.3, -0.25) is 0 Å². The van der Waals surface area contributed by atoms with Crippen LogP contribution in [-0.4, -0.2) is 24.0 Å². The van der Waals surface area contributed by atoms with Gasteiger partial charge in [-0.25, -0.2) is 9.18 Å². The van der Waals surface area contributed by atoms with E-state index in [1.54, 1.807) is 17.0 Å². The summed E-state index contributed by atoms with van der Waals surface area (Å²) in [6, 6.07) is 8.07. The largest absolute Gasteiger partial charge is 0.334 e. The molecule has 0 aromatic heterocycles. The third-order valence-corrected chi connectivity index (χ3v) is 3.25. The van der Waals surface area contributed by atoms with E-state index in [9.17, 15) is 9.18 Å². The Bertz CT molecular complexity index is 480. The molecule has 1 aromatic carbocycles. The summed E-state index contributed by atoms with van der Waals surface area (Å²) in [5.41, 5.74) is 0.851. The zero-order chi connectivity index (χ0) is 13.7. The number of nitrogens with zero attached hydrogens (tertiary/aromatic N) is 2. The Labute approximate surface area is 111 Å². The average molecular weight is 261 g/mol. The van der Waals surface area contributed by atoms with Crippen LogP contribution in [-0.2, 0) is 6.54 Å². The zero-order valence-electron chi connectivity index (χ0n) is 10.6. The molecule has 100 valence electrons. The summed E-state index contributed by atoms with van der Waals surface area (Å²) in [7, 11) is 0. The lowest BCUT2D eigenvalue weighted by molar-refractivity contribution is 0.176. The molecule has 1 saturated heterocycles. The third-order valence-electron chi connectivity index (χ3n) is 3.25. The van der Waals surface area contributed by atoms with E-state index in [1.807, 2.05) is 0 Å². The normalized spacial score (nSPS) is 18.7. The van der Waals surface area contributed by atoms with Crippen molar-refractivity contribution in [3.63, 3.8) is 0 Å².